The van der Waals surface area contributed by atoms with E-state index in [1.54, 1.807) is 0 Å². The van der Waals surface area contributed by atoms with Crippen molar-refractivity contribution in [1.29, 1.82) is 0 Å². The summed E-state index contributed by atoms with van der Waals surface area (Å²) in [7, 11) is -2.11. The Hall–Kier alpha value is -0.230. The molecule has 0 amide bonds. The second kappa shape index (κ2) is 6.30. The molecule has 1 heterocycles. The summed E-state index contributed by atoms with van der Waals surface area (Å²) in [6.45, 7) is 0. The maximum absolute atomic E-state index is 10.1. The van der Waals surface area contributed by atoms with Gasteiger partial charge in [-0.1, -0.05) is 0 Å². The third kappa shape index (κ3) is 4.61. The molecule has 0 aliphatic heterocycles. The van der Waals surface area contributed by atoms with E-state index < -0.39 is 10.3 Å². The van der Waals surface area contributed by atoms with Crippen molar-refractivity contribution >= 4 is 45.2 Å². The molecule has 0 spiro atoms. The van der Waals surface area contributed by atoms with Crippen LogP contribution in [-0.4, -0.2) is 53.3 Å². The first-order chi connectivity index (χ1) is 5.29. The van der Waals surface area contributed by atoms with Gasteiger partial charge in [0.05, 0.1) is 5.69 Å². The number of hydrogen-bond acceptors (Lipinski definition) is 4. The predicted molar refractivity (Wildman–Crippen MR) is 47.9 cm³/mol. The standard InChI is InChI=1S/C6H6N2O2S.Na.H/c9-11(10)4-1-6-5-7-2-3-8-6;;/h2-5H,1H2;;. The number of hydrogen-bond donors (Lipinski definition) is 0. The van der Waals surface area contributed by atoms with Gasteiger partial charge in [-0.05, 0) is 0 Å². The normalized spacial score (nSPS) is 8.33. The first-order valence-corrected chi connectivity index (χ1v) is 4.09. The van der Waals surface area contributed by atoms with Crippen LogP contribution < -0.4 is 0 Å². The van der Waals surface area contributed by atoms with Crippen LogP contribution in [0.25, 0.3) is 0 Å². The van der Waals surface area contributed by atoms with E-state index in [9.17, 15) is 8.42 Å². The fourth-order valence-electron chi connectivity index (χ4n) is 0.589. The number of aromatic nitrogens is 2. The second-order valence-electron chi connectivity index (χ2n) is 1.83. The van der Waals surface area contributed by atoms with Gasteiger partial charge in [0.25, 0.3) is 0 Å². The van der Waals surface area contributed by atoms with Gasteiger partial charge in [0.15, 0.2) is 0 Å². The van der Waals surface area contributed by atoms with Crippen LogP contribution in [0.5, 0.6) is 0 Å². The van der Waals surface area contributed by atoms with E-state index in [4.69, 9.17) is 0 Å². The Morgan fingerprint density at radius 1 is 1.42 bits per heavy atom. The van der Waals surface area contributed by atoms with E-state index in [0.717, 1.165) is 5.37 Å². The molecule has 60 valence electrons. The van der Waals surface area contributed by atoms with Crippen LogP contribution >= 0.6 is 0 Å². The molecule has 0 aromatic carbocycles. The van der Waals surface area contributed by atoms with Crippen molar-refractivity contribution in [3.8, 4) is 0 Å². The van der Waals surface area contributed by atoms with Crippen molar-refractivity contribution in [3.63, 3.8) is 0 Å². The van der Waals surface area contributed by atoms with E-state index in [1.165, 1.54) is 18.6 Å². The minimum atomic E-state index is -2.11. The molecule has 6 heteroatoms. The van der Waals surface area contributed by atoms with Crippen LogP contribution in [0.2, 0.25) is 0 Å². The van der Waals surface area contributed by atoms with E-state index in [0.29, 0.717) is 12.1 Å². The summed E-state index contributed by atoms with van der Waals surface area (Å²) in [4.78, 5) is 7.66. The van der Waals surface area contributed by atoms with Gasteiger partial charge in [-0.25, -0.2) is 0 Å². The fraction of sp³-hybridized carbons (Fsp3) is 0.167. The Morgan fingerprint density at radius 3 is 2.67 bits per heavy atom. The summed E-state index contributed by atoms with van der Waals surface area (Å²) in [5, 5.41) is 1.14. The zero-order chi connectivity index (χ0) is 8.10. The average molecular weight is 194 g/mol. The van der Waals surface area contributed by atoms with Crippen LogP contribution in [-0.2, 0) is 16.7 Å². The van der Waals surface area contributed by atoms with Crippen molar-refractivity contribution < 1.29 is 8.42 Å². The van der Waals surface area contributed by atoms with Crippen LogP contribution in [0.4, 0.5) is 0 Å². The molecule has 0 unspecified atom stereocenters. The summed E-state index contributed by atoms with van der Waals surface area (Å²) in [6, 6.07) is 0. The molecule has 0 bridgehead atoms. The number of nitrogens with zero attached hydrogens (tertiary/aromatic N) is 2. The Labute approximate surface area is 93.9 Å². The molecule has 1 aromatic rings. The van der Waals surface area contributed by atoms with Gasteiger partial charge in [0.2, 0.25) is 10.3 Å². The van der Waals surface area contributed by atoms with E-state index in [1.807, 2.05) is 0 Å². The van der Waals surface area contributed by atoms with Crippen molar-refractivity contribution in [1.82, 2.24) is 9.97 Å². The van der Waals surface area contributed by atoms with Crippen molar-refractivity contribution in [2.75, 3.05) is 0 Å². The van der Waals surface area contributed by atoms with Crippen molar-refractivity contribution in [2.45, 2.75) is 6.42 Å². The molecule has 0 aliphatic rings. The molecule has 0 atom stereocenters. The molecule has 0 aliphatic carbocycles. The van der Waals surface area contributed by atoms with Crippen LogP contribution in [0.3, 0.4) is 0 Å². The molecule has 12 heavy (non-hydrogen) atoms. The zero-order valence-corrected chi connectivity index (χ0v) is 6.45. The number of rotatable bonds is 2. The van der Waals surface area contributed by atoms with Crippen LogP contribution in [0.1, 0.15) is 5.69 Å². The monoisotopic (exact) mass is 194 g/mol. The molecular formula is C6H7N2NaO2S. The topological polar surface area (TPSA) is 59.9 Å². The van der Waals surface area contributed by atoms with Gasteiger partial charge in [0.1, 0.15) is 0 Å². The Morgan fingerprint density at radius 2 is 2.17 bits per heavy atom. The molecule has 4 nitrogen and oxygen atoms in total. The molecule has 1 rings (SSSR count). The molecule has 0 saturated carbocycles. The van der Waals surface area contributed by atoms with Crippen molar-refractivity contribution in [2.24, 2.45) is 0 Å². The zero-order valence-electron chi connectivity index (χ0n) is 5.64. The van der Waals surface area contributed by atoms with Crippen LogP contribution in [0, 0.1) is 0 Å². The van der Waals surface area contributed by atoms with E-state index >= 15 is 0 Å². The fourth-order valence-corrected chi connectivity index (χ4v) is 0.896. The summed E-state index contributed by atoms with van der Waals surface area (Å²) >= 11 is 0. The third-order valence-electron chi connectivity index (χ3n) is 1.05. The Bertz CT molecular complexity index is 341. The van der Waals surface area contributed by atoms with Gasteiger partial charge in [-0.3, -0.25) is 9.97 Å². The first-order valence-electron chi connectivity index (χ1n) is 2.95. The summed E-state index contributed by atoms with van der Waals surface area (Å²) in [5.41, 5.74) is 0.650. The molecule has 0 saturated heterocycles. The second-order valence-corrected chi connectivity index (χ2v) is 2.68. The van der Waals surface area contributed by atoms with Gasteiger partial charge in [0, 0.05) is 30.4 Å². The van der Waals surface area contributed by atoms with Gasteiger partial charge in [-0.2, -0.15) is 8.42 Å². The maximum atomic E-state index is 10.1. The summed E-state index contributed by atoms with van der Waals surface area (Å²) in [6.07, 6.45) is 4.90. The molecule has 1 aromatic heterocycles. The van der Waals surface area contributed by atoms with Gasteiger partial charge in [-0.15, -0.1) is 0 Å². The molecule has 0 N–H and O–H groups in total. The van der Waals surface area contributed by atoms with Gasteiger partial charge < -0.3 is 0 Å². The molecule has 0 fully saturated rings. The quantitative estimate of drug-likeness (QED) is 0.450. The third-order valence-corrected chi connectivity index (χ3v) is 1.48. The van der Waals surface area contributed by atoms with Gasteiger partial charge >= 0.3 is 29.6 Å². The SMILES string of the molecule is O=S(=O)=CCc1cnccn1.[NaH]. The molecule has 0 radical (unpaired) electrons. The average Bonchev–Trinajstić information content (AvgIpc) is 2.03. The summed E-state index contributed by atoms with van der Waals surface area (Å²) in [5.74, 6) is 0. The first kappa shape index (κ1) is 11.8. The summed E-state index contributed by atoms with van der Waals surface area (Å²) < 4.78 is 20.1. The van der Waals surface area contributed by atoms with Crippen molar-refractivity contribution in [3.05, 3.63) is 24.3 Å². The molecular weight excluding hydrogens is 187 g/mol. The Balaban J connectivity index is 0.00000121. The minimum absolute atomic E-state index is 0. The van der Waals surface area contributed by atoms with E-state index in [2.05, 4.69) is 9.97 Å². The predicted octanol–water partition coefficient (Wildman–Crippen LogP) is -0.948. The van der Waals surface area contributed by atoms with E-state index in [-0.39, 0.29) is 29.6 Å². The van der Waals surface area contributed by atoms with Crippen LogP contribution in [0.15, 0.2) is 18.6 Å². The Kier molecular flexibility index (Phi) is 6.18.